The van der Waals surface area contributed by atoms with Crippen molar-refractivity contribution < 1.29 is 0 Å². The molecule has 0 aromatic heterocycles. The molecule has 1 fully saturated rings. The maximum absolute atomic E-state index is 6.27. The molecule has 1 N–H and O–H groups in total. The van der Waals surface area contributed by atoms with Crippen molar-refractivity contribution in [3.8, 4) is 0 Å². The van der Waals surface area contributed by atoms with E-state index in [4.69, 9.17) is 23.2 Å². The fourth-order valence-electron chi connectivity index (χ4n) is 2.58. The molecule has 0 amide bonds. The highest BCUT2D eigenvalue weighted by Crippen LogP contribution is 2.45. The lowest BCUT2D eigenvalue weighted by molar-refractivity contribution is 0.243. The Hall–Kier alpha value is -0.240. The van der Waals surface area contributed by atoms with Gasteiger partial charge in [0.25, 0.3) is 0 Å². The summed E-state index contributed by atoms with van der Waals surface area (Å²) in [6.07, 6.45) is 2.52. The first-order valence-electron chi connectivity index (χ1n) is 6.73. The van der Waals surface area contributed by atoms with E-state index in [1.807, 2.05) is 18.2 Å². The summed E-state index contributed by atoms with van der Waals surface area (Å²) in [6.45, 7) is 6.65. The van der Waals surface area contributed by atoms with Crippen LogP contribution in [0, 0.1) is 11.8 Å². The van der Waals surface area contributed by atoms with Crippen LogP contribution in [0.5, 0.6) is 0 Å². The van der Waals surface area contributed by atoms with Gasteiger partial charge in [0, 0.05) is 10.0 Å². The first-order valence-corrected chi connectivity index (χ1v) is 7.49. The first kappa shape index (κ1) is 14.2. The highest BCUT2D eigenvalue weighted by molar-refractivity contribution is 6.33. The maximum Gasteiger partial charge on any atom is 0.0441 e. The van der Waals surface area contributed by atoms with Crippen molar-refractivity contribution in [3.63, 3.8) is 0 Å². The number of hydrogen-bond acceptors (Lipinski definition) is 1. The van der Waals surface area contributed by atoms with Gasteiger partial charge in [-0.05, 0) is 67.4 Å². The van der Waals surface area contributed by atoms with Crippen LogP contribution in [0.4, 0.5) is 0 Å². The molecule has 1 saturated carbocycles. The van der Waals surface area contributed by atoms with Crippen molar-refractivity contribution in [1.29, 1.82) is 0 Å². The lowest BCUT2D eigenvalue weighted by Crippen LogP contribution is -2.35. The minimum atomic E-state index is 0.580. The van der Waals surface area contributed by atoms with Gasteiger partial charge in [-0.1, -0.05) is 37.0 Å². The molecule has 0 heterocycles. The van der Waals surface area contributed by atoms with Crippen molar-refractivity contribution in [1.82, 2.24) is 5.32 Å². The average Bonchev–Trinajstić information content (AvgIpc) is 2.27. The highest BCUT2D eigenvalue weighted by Gasteiger charge is 2.33. The predicted molar refractivity (Wildman–Crippen MR) is 79.6 cm³/mol. The van der Waals surface area contributed by atoms with Gasteiger partial charge in [0.15, 0.2) is 0 Å². The molecule has 0 saturated heterocycles. The zero-order valence-corrected chi connectivity index (χ0v) is 12.6. The van der Waals surface area contributed by atoms with Crippen molar-refractivity contribution in [2.24, 2.45) is 11.8 Å². The molecule has 2 rings (SSSR count). The Morgan fingerprint density at radius 3 is 2.67 bits per heavy atom. The summed E-state index contributed by atoms with van der Waals surface area (Å²) in [5.74, 6) is 1.99. The number of halogens is 2. The van der Waals surface area contributed by atoms with Gasteiger partial charge in [-0.2, -0.15) is 0 Å². The van der Waals surface area contributed by atoms with Gasteiger partial charge in [0.05, 0.1) is 0 Å². The molecule has 100 valence electrons. The van der Waals surface area contributed by atoms with Crippen LogP contribution in [-0.4, -0.2) is 13.1 Å². The van der Waals surface area contributed by atoms with Gasteiger partial charge in [-0.15, -0.1) is 0 Å². The summed E-state index contributed by atoms with van der Waals surface area (Å²) < 4.78 is 0. The molecule has 2 atom stereocenters. The van der Waals surface area contributed by atoms with E-state index < -0.39 is 0 Å². The van der Waals surface area contributed by atoms with Gasteiger partial charge in [0.1, 0.15) is 0 Å². The van der Waals surface area contributed by atoms with E-state index in [0.717, 1.165) is 23.1 Å². The van der Waals surface area contributed by atoms with Crippen LogP contribution in [-0.2, 0) is 0 Å². The van der Waals surface area contributed by atoms with Crippen molar-refractivity contribution in [3.05, 3.63) is 33.8 Å². The molecule has 0 spiro atoms. The van der Waals surface area contributed by atoms with Crippen LogP contribution in [0.2, 0.25) is 10.0 Å². The largest absolute Gasteiger partial charge is 0.316 e. The summed E-state index contributed by atoms with van der Waals surface area (Å²) in [7, 11) is 0. The van der Waals surface area contributed by atoms with Crippen molar-refractivity contribution in [2.75, 3.05) is 13.1 Å². The molecule has 0 radical (unpaired) electrons. The Bertz CT molecular complexity index is 403. The minimum Gasteiger partial charge on any atom is -0.316 e. The van der Waals surface area contributed by atoms with E-state index in [-0.39, 0.29) is 0 Å². The van der Waals surface area contributed by atoms with E-state index in [1.165, 1.54) is 18.4 Å². The van der Waals surface area contributed by atoms with Crippen LogP contribution in [0.3, 0.4) is 0 Å². The fraction of sp³-hybridized carbons (Fsp3) is 0.600. The van der Waals surface area contributed by atoms with Crippen molar-refractivity contribution >= 4 is 23.2 Å². The smallest absolute Gasteiger partial charge is 0.0441 e. The van der Waals surface area contributed by atoms with E-state index in [9.17, 15) is 0 Å². The van der Waals surface area contributed by atoms with E-state index in [1.54, 1.807) is 0 Å². The third-order valence-electron chi connectivity index (χ3n) is 3.73. The minimum absolute atomic E-state index is 0.580. The summed E-state index contributed by atoms with van der Waals surface area (Å²) >= 11 is 12.3. The topological polar surface area (TPSA) is 12.0 Å². The molecule has 2 unspecified atom stereocenters. The molecule has 1 nitrogen and oxygen atoms in total. The van der Waals surface area contributed by atoms with Crippen LogP contribution >= 0.6 is 23.2 Å². The molecule has 1 aromatic carbocycles. The highest BCUT2D eigenvalue weighted by atomic mass is 35.5. The maximum atomic E-state index is 6.27. The van der Waals surface area contributed by atoms with Gasteiger partial charge < -0.3 is 5.32 Å². The van der Waals surface area contributed by atoms with Crippen LogP contribution in [0.1, 0.15) is 38.2 Å². The zero-order chi connectivity index (χ0) is 13.1. The molecule has 0 bridgehead atoms. The monoisotopic (exact) mass is 285 g/mol. The second kappa shape index (κ2) is 6.27. The zero-order valence-electron chi connectivity index (χ0n) is 11.0. The summed E-state index contributed by atoms with van der Waals surface area (Å²) in [5, 5.41) is 5.19. The van der Waals surface area contributed by atoms with Gasteiger partial charge >= 0.3 is 0 Å². The summed E-state index contributed by atoms with van der Waals surface area (Å²) in [4.78, 5) is 0. The Balaban J connectivity index is 1.95. The van der Waals surface area contributed by atoms with Crippen LogP contribution in [0.15, 0.2) is 18.2 Å². The van der Waals surface area contributed by atoms with Crippen LogP contribution in [0.25, 0.3) is 0 Å². The second-order valence-corrected chi connectivity index (χ2v) is 6.51. The number of hydrogen-bond donors (Lipinski definition) is 1. The molecule has 0 aliphatic heterocycles. The van der Waals surface area contributed by atoms with E-state index in [2.05, 4.69) is 19.2 Å². The number of benzene rings is 1. The summed E-state index contributed by atoms with van der Waals surface area (Å²) in [5.41, 5.74) is 1.23. The molecular formula is C15H21Cl2N. The molecule has 1 aliphatic carbocycles. The molecule has 18 heavy (non-hydrogen) atoms. The first-order chi connectivity index (χ1) is 8.58. The third-order valence-corrected chi connectivity index (χ3v) is 4.31. The Kier molecular flexibility index (Phi) is 4.94. The Morgan fingerprint density at radius 2 is 2.06 bits per heavy atom. The van der Waals surface area contributed by atoms with E-state index >= 15 is 0 Å². The fourth-order valence-corrected chi connectivity index (χ4v) is 3.02. The second-order valence-electron chi connectivity index (χ2n) is 5.66. The van der Waals surface area contributed by atoms with Gasteiger partial charge in [0.2, 0.25) is 0 Å². The molecule has 1 aromatic rings. The molecular weight excluding hydrogens is 265 g/mol. The molecule has 3 heteroatoms. The Labute approximate surface area is 120 Å². The lowest BCUT2D eigenvalue weighted by Gasteiger charge is -2.38. The third kappa shape index (κ3) is 3.40. The standard InChI is InChI=1S/C15H21Cl2N/c1-10(2)8-18-9-11-3-5-13(11)14-7-12(16)4-6-15(14)17/h4,6-7,10-11,13,18H,3,5,8-9H2,1-2H3. The summed E-state index contributed by atoms with van der Waals surface area (Å²) in [6, 6.07) is 5.80. The quantitative estimate of drug-likeness (QED) is 0.825. The number of rotatable bonds is 5. The lowest BCUT2D eigenvalue weighted by atomic mass is 9.70. The molecule has 1 aliphatic rings. The predicted octanol–water partition coefficient (Wildman–Crippen LogP) is 4.73. The average molecular weight is 286 g/mol. The van der Waals surface area contributed by atoms with Gasteiger partial charge in [-0.25, -0.2) is 0 Å². The van der Waals surface area contributed by atoms with Crippen molar-refractivity contribution in [2.45, 2.75) is 32.6 Å². The normalized spacial score (nSPS) is 23.2. The van der Waals surface area contributed by atoms with Gasteiger partial charge in [-0.3, -0.25) is 0 Å². The Morgan fingerprint density at radius 1 is 1.28 bits per heavy atom. The van der Waals surface area contributed by atoms with Crippen LogP contribution < -0.4 is 5.32 Å². The van der Waals surface area contributed by atoms with E-state index in [0.29, 0.717) is 17.8 Å². The number of nitrogens with one attached hydrogen (secondary N) is 1. The SMILES string of the molecule is CC(C)CNCC1CCC1c1cc(Cl)ccc1Cl.